The number of nitrogens with two attached hydrogens (primary N) is 1. The standard InChI is InChI=1S/C19H30N4O3.C19H26N4O3.C14H15ClN2O3.C14H22N4O.C5H12N2/c2*1-19(2,3)26-18(24)21-16-7-6-15(13-8-9-25-12-13)17(20-16)23-10-14(11-23)22(4)5;1-14(2,3)20-13(18)17-11-5-4-10(12(15)16-11)9-6-7-19-8-9;1-17(2)11-7-18(8-11)14-12(3-4-13(15)16-14)10-5-6-19-9-10;1-7(2)5-3-6-4-5/h6-7,13-14H,8-12H2,1-5H3,(H,20,21,24);6-9,12,14H,10-11H2,1-5H3,(H,20,21,24);4-8H,1-3H3,(H,16,17,18);3-4,10-11H,5-9H2,1-2H3,(H2,15,16);5-6H,3-4H2,1-2H3. The molecule has 0 bridgehead atoms. The van der Waals surface area contributed by atoms with E-state index in [-0.39, 0.29) is 5.15 Å². The number of amides is 3. The average Bonchev–Trinajstić information content (AvgIpc) is 1.16. The molecule has 6 fully saturated rings. The van der Waals surface area contributed by atoms with E-state index in [0.717, 1.165) is 124 Å². The lowest BCUT2D eigenvalue weighted by Gasteiger charge is -2.44. The van der Waals surface area contributed by atoms with Gasteiger partial charge in [-0.2, -0.15) is 0 Å². The predicted octanol–water partition coefficient (Wildman–Crippen LogP) is 10.9. The van der Waals surface area contributed by atoms with E-state index >= 15 is 0 Å². The Kier molecular flexibility index (Phi) is 26.2. The molecule has 6 aliphatic rings. The first kappa shape index (κ1) is 75.9. The van der Waals surface area contributed by atoms with Gasteiger partial charge in [0.2, 0.25) is 0 Å². The zero-order valence-corrected chi connectivity index (χ0v) is 61.2. The van der Waals surface area contributed by atoms with E-state index in [9.17, 15) is 14.4 Å². The summed E-state index contributed by atoms with van der Waals surface area (Å²) in [6.07, 6.45) is 7.00. The third-order valence-electron chi connectivity index (χ3n) is 17.0. The number of carbonyl (C=O) groups excluding carboxylic acids is 3. The number of rotatable bonds is 14. The number of carbonyl (C=O) groups is 3. The van der Waals surface area contributed by atoms with Crippen molar-refractivity contribution in [2.75, 3.05) is 172 Å². The van der Waals surface area contributed by atoms with Crippen molar-refractivity contribution in [1.82, 2.24) is 44.9 Å². The number of anilines is 7. The molecule has 6 aliphatic heterocycles. The first-order valence-corrected chi connectivity index (χ1v) is 33.9. The van der Waals surface area contributed by atoms with E-state index in [0.29, 0.717) is 53.2 Å². The number of hydrogen-bond acceptors (Lipinski definition) is 23. The molecule has 12 heterocycles. The summed E-state index contributed by atoms with van der Waals surface area (Å²) >= 11 is 6.09. The molecule has 3 amide bonds. The van der Waals surface area contributed by atoms with Gasteiger partial charge in [0.1, 0.15) is 62.7 Å². The summed E-state index contributed by atoms with van der Waals surface area (Å²) in [6, 6.07) is 21.2. The summed E-state index contributed by atoms with van der Waals surface area (Å²) in [5.74, 6) is 5.61. The third kappa shape index (κ3) is 22.3. The van der Waals surface area contributed by atoms with Crippen LogP contribution in [-0.2, 0) is 23.7 Å². The largest absolute Gasteiger partial charge is 0.472 e. The van der Waals surface area contributed by atoms with Crippen molar-refractivity contribution in [2.45, 2.75) is 128 Å². The minimum Gasteiger partial charge on any atom is -0.472 e. The molecular weight excluding hydrogens is 1270 g/mol. The van der Waals surface area contributed by atoms with Crippen molar-refractivity contribution in [3.63, 3.8) is 0 Å². The highest BCUT2D eigenvalue weighted by molar-refractivity contribution is 6.32. The van der Waals surface area contributed by atoms with Crippen LogP contribution in [0.3, 0.4) is 0 Å². The maximum Gasteiger partial charge on any atom is 0.413 e. The highest BCUT2D eigenvalue weighted by Gasteiger charge is 2.36. The van der Waals surface area contributed by atoms with E-state index in [1.54, 1.807) is 70.1 Å². The molecule has 27 heteroatoms. The van der Waals surface area contributed by atoms with Crippen molar-refractivity contribution in [1.29, 1.82) is 0 Å². The van der Waals surface area contributed by atoms with Gasteiger partial charge in [-0.05, 0) is 180 Å². The van der Waals surface area contributed by atoms with Crippen molar-refractivity contribution in [3.8, 4) is 22.3 Å². The molecule has 6 N–H and O–H groups in total. The van der Waals surface area contributed by atoms with Crippen molar-refractivity contribution in [2.24, 2.45) is 0 Å². The number of furan rings is 2. The number of pyridine rings is 4. The third-order valence-corrected chi connectivity index (χ3v) is 17.3. The zero-order chi connectivity index (χ0) is 71.2. The minimum atomic E-state index is -0.572. The summed E-state index contributed by atoms with van der Waals surface area (Å²) < 4.78 is 37.1. The molecule has 98 heavy (non-hydrogen) atoms. The van der Waals surface area contributed by atoms with Crippen LogP contribution in [-0.4, -0.2) is 234 Å². The first-order valence-electron chi connectivity index (χ1n) is 33.5. The lowest BCUT2D eigenvalue weighted by molar-refractivity contribution is 0.0624. The number of hydrogen-bond donors (Lipinski definition) is 5. The Morgan fingerprint density at radius 2 is 0.867 bits per heavy atom. The quantitative estimate of drug-likeness (QED) is 0.0501. The fraction of sp³-hybridized carbons (Fsp3) is 0.563. The summed E-state index contributed by atoms with van der Waals surface area (Å²) in [5.41, 5.74) is 10.2. The Labute approximate surface area is 583 Å². The highest BCUT2D eigenvalue weighted by atomic mass is 35.5. The Morgan fingerprint density at radius 3 is 1.21 bits per heavy atom. The second kappa shape index (κ2) is 33.8. The highest BCUT2D eigenvalue weighted by Crippen LogP contribution is 2.38. The number of nitrogen functional groups attached to an aromatic ring is 1. The lowest BCUT2D eigenvalue weighted by Crippen LogP contribution is -2.58. The molecule has 6 saturated heterocycles. The van der Waals surface area contributed by atoms with Crippen LogP contribution < -0.4 is 41.7 Å². The molecule has 2 unspecified atom stereocenters. The topological polar surface area (TPSA) is 272 Å². The van der Waals surface area contributed by atoms with Gasteiger partial charge in [0.15, 0.2) is 0 Å². The lowest BCUT2D eigenvalue weighted by atomic mass is 9.97. The van der Waals surface area contributed by atoms with Gasteiger partial charge in [0, 0.05) is 135 Å². The summed E-state index contributed by atoms with van der Waals surface area (Å²) in [5, 5.41) is 11.5. The Bertz CT molecular complexity index is 3500. The molecule has 0 saturated carbocycles. The van der Waals surface area contributed by atoms with Gasteiger partial charge >= 0.3 is 18.3 Å². The molecule has 0 spiro atoms. The Morgan fingerprint density at radius 1 is 0.500 bits per heavy atom. The zero-order valence-electron chi connectivity index (χ0n) is 60.4. The fourth-order valence-corrected chi connectivity index (χ4v) is 11.2. The SMILES string of the molecule is CC(C)(C)OC(=O)Nc1ccc(-c2ccoc2)c(Cl)n1.CN(C)C1CN(c2nc(N)ccc2C2CCOC2)C1.CN(C)C1CN(c2nc(NC(=O)OC(C)(C)C)ccc2-c2ccoc2)C1.CN(C)C1CN(c2nc(NC(=O)OC(C)(C)C)ccc2C2CCOC2)C1.CN(C)C1CNC1. The normalized spacial score (nSPS) is 18.1. The van der Waals surface area contributed by atoms with Crippen LogP contribution in [0, 0.1) is 0 Å². The summed E-state index contributed by atoms with van der Waals surface area (Å²) in [4.78, 5) is 69.6. The maximum absolute atomic E-state index is 12.1. The molecular formula is C71H105ClN16O10. The molecule has 6 aromatic rings. The fourth-order valence-electron chi connectivity index (χ4n) is 11.0. The van der Waals surface area contributed by atoms with Crippen LogP contribution in [0.2, 0.25) is 5.15 Å². The van der Waals surface area contributed by atoms with Crippen LogP contribution in [0.25, 0.3) is 22.3 Å². The van der Waals surface area contributed by atoms with Crippen molar-refractivity contribution in [3.05, 3.63) is 102 Å². The second-order valence-electron chi connectivity index (χ2n) is 29.2. The number of halogens is 1. The molecule has 2 atom stereocenters. The number of ether oxygens (including phenoxy) is 5. The Hall–Kier alpha value is -7.82. The van der Waals surface area contributed by atoms with E-state index in [1.165, 1.54) is 24.2 Å². The molecule has 6 aromatic heterocycles. The molecule has 0 aromatic carbocycles. The van der Waals surface area contributed by atoms with Gasteiger partial charge in [-0.25, -0.2) is 34.3 Å². The summed E-state index contributed by atoms with van der Waals surface area (Å²) in [7, 11) is 16.8. The van der Waals surface area contributed by atoms with E-state index in [4.69, 9.17) is 54.8 Å². The van der Waals surface area contributed by atoms with Crippen LogP contribution in [0.5, 0.6) is 0 Å². The maximum atomic E-state index is 12.1. The molecule has 26 nitrogen and oxygen atoms in total. The monoisotopic (exact) mass is 1380 g/mol. The summed E-state index contributed by atoms with van der Waals surface area (Å²) in [6.45, 7) is 27.6. The van der Waals surface area contributed by atoms with Gasteiger partial charge in [-0.3, -0.25) is 16.0 Å². The number of nitrogens with zero attached hydrogens (tertiary/aromatic N) is 11. The van der Waals surface area contributed by atoms with Gasteiger partial charge in [0.05, 0.1) is 38.3 Å². The van der Waals surface area contributed by atoms with Crippen molar-refractivity contribution < 1.29 is 46.9 Å². The minimum absolute atomic E-state index is 0.278. The van der Waals surface area contributed by atoms with E-state index in [2.05, 4.69) is 139 Å². The predicted molar refractivity (Wildman–Crippen MR) is 387 cm³/mol. The molecule has 12 rings (SSSR count). The van der Waals surface area contributed by atoms with Crippen LogP contribution in [0.4, 0.5) is 55.1 Å². The number of aromatic nitrogens is 4. The first-order chi connectivity index (χ1) is 46.3. The second-order valence-corrected chi connectivity index (χ2v) is 29.6. The van der Waals surface area contributed by atoms with Gasteiger partial charge in [0.25, 0.3) is 0 Å². The van der Waals surface area contributed by atoms with Crippen LogP contribution in [0.15, 0.2) is 94.6 Å². The van der Waals surface area contributed by atoms with Crippen LogP contribution in [0.1, 0.15) is 98.1 Å². The molecule has 0 radical (unpaired) electrons. The number of nitrogens with one attached hydrogen (secondary N) is 4. The molecule has 536 valence electrons. The van der Waals surface area contributed by atoms with Crippen LogP contribution >= 0.6 is 11.6 Å². The van der Waals surface area contributed by atoms with Gasteiger partial charge in [-0.1, -0.05) is 23.7 Å². The number of likely N-dealkylation sites (N-methyl/N-ethyl adjacent to an activating group) is 4. The molecule has 0 aliphatic carbocycles. The smallest absolute Gasteiger partial charge is 0.413 e. The van der Waals surface area contributed by atoms with Gasteiger partial charge in [-0.15, -0.1) is 0 Å². The van der Waals surface area contributed by atoms with E-state index < -0.39 is 35.1 Å². The van der Waals surface area contributed by atoms with E-state index in [1.807, 2.05) is 65.8 Å². The van der Waals surface area contributed by atoms with Gasteiger partial charge < -0.3 is 77.9 Å². The Balaban J connectivity index is 0.000000162. The van der Waals surface area contributed by atoms with Crippen molar-refractivity contribution >= 4 is 70.6 Å². The average molecular weight is 1380 g/mol.